The third-order valence-electron chi connectivity index (χ3n) is 4.94. The largest absolute Gasteiger partial charge is 0.356 e. The smallest absolute Gasteiger partial charge is 0.226 e. The lowest BCUT2D eigenvalue weighted by Crippen LogP contribution is -2.41. The van der Waals surface area contributed by atoms with Crippen molar-refractivity contribution in [2.75, 3.05) is 26.2 Å². The van der Waals surface area contributed by atoms with Crippen LogP contribution in [0.5, 0.6) is 0 Å². The predicted molar refractivity (Wildman–Crippen MR) is 95.4 cm³/mol. The van der Waals surface area contributed by atoms with Crippen LogP contribution in [0.2, 0.25) is 0 Å². The quantitative estimate of drug-likeness (QED) is 0.637. The van der Waals surface area contributed by atoms with Crippen molar-refractivity contribution >= 4 is 5.91 Å². The van der Waals surface area contributed by atoms with E-state index in [9.17, 15) is 4.79 Å². The monoisotopic (exact) mass is 322 g/mol. The number of amides is 1. The molecule has 132 valence electrons. The molecule has 2 unspecified atom stereocenters. The van der Waals surface area contributed by atoms with Crippen molar-refractivity contribution in [2.45, 2.75) is 59.9 Å². The van der Waals surface area contributed by atoms with Crippen molar-refractivity contribution in [1.82, 2.24) is 19.8 Å². The van der Waals surface area contributed by atoms with E-state index in [0.29, 0.717) is 0 Å². The van der Waals surface area contributed by atoms with Gasteiger partial charge in [-0.05, 0) is 45.8 Å². The van der Waals surface area contributed by atoms with Gasteiger partial charge in [-0.15, -0.1) is 0 Å². The molecular formula is C18H34N4O. The molecule has 0 radical (unpaired) electrons. The Hall–Kier alpha value is -1.36. The van der Waals surface area contributed by atoms with Gasteiger partial charge < -0.3 is 14.8 Å². The van der Waals surface area contributed by atoms with Gasteiger partial charge in [-0.1, -0.05) is 27.7 Å². The van der Waals surface area contributed by atoms with E-state index in [1.54, 1.807) is 6.20 Å². The second kappa shape index (κ2) is 9.71. The highest BCUT2D eigenvalue weighted by Crippen LogP contribution is 2.32. The zero-order valence-electron chi connectivity index (χ0n) is 15.5. The molecule has 1 amide bonds. The Bertz CT molecular complexity index is 442. The van der Waals surface area contributed by atoms with Crippen LogP contribution in [-0.2, 0) is 4.79 Å². The van der Waals surface area contributed by atoms with Crippen LogP contribution in [-0.4, -0.2) is 46.5 Å². The van der Waals surface area contributed by atoms with Gasteiger partial charge in [-0.3, -0.25) is 4.79 Å². The van der Waals surface area contributed by atoms with Gasteiger partial charge in [0, 0.05) is 30.4 Å². The molecule has 1 N–H and O–H groups in total. The maximum atomic E-state index is 12.6. The van der Waals surface area contributed by atoms with Gasteiger partial charge in [0.05, 0.1) is 6.33 Å². The van der Waals surface area contributed by atoms with Gasteiger partial charge in [0.2, 0.25) is 5.91 Å². The van der Waals surface area contributed by atoms with E-state index in [1.165, 1.54) is 0 Å². The standard InChI is InChI=1S/C18H34N4O/c1-6-18(5,14-16(4)22-13-11-19-15-22)17(23)20-10-9-12-21(7-2)8-3/h11,13,15-16H,6-10,12,14H2,1-5H3,(H,20,23). The van der Waals surface area contributed by atoms with Crippen LogP contribution in [0.3, 0.4) is 0 Å². The first-order valence-electron chi connectivity index (χ1n) is 8.94. The zero-order chi connectivity index (χ0) is 17.3. The molecule has 1 aromatic rings. The van der Waals surface area contributed by atoms with Gasteiger partial charge >= 0.3 is 0 Å². The molecule has 0 aliphatic heterocycles. The van der Waals surface area contributed by atoms with E-state index in [0.717, 1.165) is 45.4 Å². The van der Waals surface area contributed by atoms with E-state index < -0.39 is 0 Å². The molecule has 0 aliphatic carbocycles. The summed E-state index contributed by atoms with van der Waals surface area (Å²) in [7, 11) is 0. The van der Waals surface area contributed by atoms with Gasteiger partial charge in [-0.2, -0.15) is 0 Å². The summed E-state index contributed by atoms with van der Waals surface area (Å²) in [6, 6.07) is 0.267. The Balaban J connectivity index is 2.46. The molecule has 23 heavy (non-hydrogen) atoms. The summed E-state index contributed by atoms with van der Waals surface area (Å²) in [5.41, 5.74) is -0.334. The predicted octanol–water partition coefficient (Wildman–Crippen LogP) is 3.10. The normalized spacial score (nSPS) is 15.4. The first-order chi connectivity index (χ1) is 11.0. The van der Waals surface area contributed by atoms with Crippen LogP contribution in [0.25, 0.3) is 0 Å². The average molecular weight is 322 g/mol. The minimum atomic E-state index is -0.334. The van der Waals surface area contributed by atoms with Crippen molar-refractivity contribution in [1.29, 1.82) is 0 Å². The molecule has 5 nitrogen and oxygen atoms in total. The molecule has 1 rings (SSSR count). The minimum absolute atomic E-state index is 0.173. The highest BCUT2D eigenvalue weighted by atomic mass is 16.2. The molecule has 5 heteroatoms. The molecule has 0 spiro atoms. The molecule has 0 saturated carbocycles. The lowest BCUT2D eigenvalue weighted by atomic mass is 9.80. The third-order valence-corrected chi connectivity index (χ3v) is 4.94. The number of carbonyl (C=O) groups is 1. The first-order valence-corrected chi connectivity index (χ1v) is 8.94. The summed E-state index contributed by atoms with van der Waals surface area (Å²) < 4.78 is 2.07. The molecule has 0 bridgehead atoms. The van der Waals surface area contributed by atoms with Crippen LogP contribution in [0.1, 0.15) is 59.9 Å². The second-order valence-corrected chi connectivity index (χ2v) is 6.61. The summed E-state index contributed by atoms with van der Waals surface area (Å²) in [5, 5.41) is 3.14. The molecule has 0 aliphatic rings. The molecule has 2 atom stereocenters. The van der Waals surface area contributed by atoms with E-state index in [2.05, 4.69) is 54.4 Å². The Labute approximate surface area is 141 Å². The Morgan fingerprint density at radius 1 is 1.35 bits per heavy atom. The number of nitrogens with zero attached hydrogens (tertiary/aromatic N) is 3. The van der Waals surface area contributed by atoms with Gasteiger partial charge in [-0.25, -0.2) is 4.98 Å². The Morgan fingerprint density at radius 2 is 2.04 bits per heavy atom. The first kappa shape index (κ1) is 19.7. The molecule has 1 heterocycles. The highest BCUT2D eigenvalue weighted by molar-refractivity contribution is 5.82. The van der Waals surface area contributed by atoms with Crippen molar-refractivity contribution in [3.8, 4) is 0 Å². The maximum absolute atomic E-state index is 12.6. The number of hydrogen-bond donors (Lipinski definition) is 1. The van der Waals surface area contributed by atoms with E-state index in [1.807, 2.05) is 12.5 Å². The number of carbonyl (C=O) groups excluding carboxylic acids is 1. The molecule has 1 aromatic heterocycles. The molecule has 0 saturated heterocycles. The van der Waals surface area contributed by atoms with Crippen LogP contribution >= 0.6 is 0 Å². The fourth-order valence-corrected chi connectivity index (χ4v) is 2.94. The molecule has 0 aromatic carbocycles. The Kier molecular flexibility index (Phi) is 8.31. The van der Waals surface area contributed by atoms with E-state index >= 15 is 0 Å². The average Bonchev–Trinajstić information content (AvgIpc) is 3.09. The van der Waals surface area contributed by atoms with Gasteiger partial charge in [0.25, 0.3) is 0 Å². The van der Waals surface area contributed by atoms with Crippen LogP contribution in [0, 0.1) is 5.41 Å². The van der Waals surface area contributed by atoms with Gasteiger partial charge in [0.15, 0.2) is 0 Å². The number of imidazole rings is 1. The Morgan fingerprint density at radius 3 is 2.57 bits per heavy atom. The van der Waals surface area contributed by atoms with E-state index in [-0.39, 0.29) is 17.4 Å². The van der Waals surface area contributed by atoms with Crippen LogP contribution in [0.15, 0.2) is 18.7 Å². The lowest BCUT2D eigenvalue weighted by molar-refractivity contribution is -0.131. The number of nitrogens with one attached hydrogen (secondary N) is 1. The summed E-state index contributed by atoms with van der Waals surface area (Å²) in [6.45, 7) is 14.6. The van der Waals surface area contributed by atoms with Crippen molar-refractivity contribution < 1.29 is 4.79 Å². The van der Waals surface area contributed by atoms with Gasteiger partial charge in [0.1, 0.15) is 0 Å². The summed E-state index contributed by atoms with van der Waals surface area (Å²) in [5.74, 6) is 0.173. The second-order valence-electron chi connectivity index (χ2n) is 6.61. The number of rotatable bonds is 11. The van der Waals surface area contributed by atoms with Crippen molar-refractivity contribution in [2.24, 2.45) is 5.41 Å². The van der Waals surface area contributed by atoms with Crippen LogP contribution < -0.4 is 5.32 Å². The number of aromatic nitrogens is 2. The SMILES string of the molecule is CCN(CC)CCCNC(=O)C(C)(CC)CC(C)n1ccnc1. The fourth-order valence-electron chi connectivity index (χ4n) is 2.94. The summed E-state index contributed by atoms with van der Waals surface area (Å²) in [4.78, 5) is 19.1. The minimum Gasteiger partial charge on any atom is -0.356 e. The molecular weight excluding hydrogens is 288 g/mol. The lowest BCUT2D eigenvalue weighted by Gasteiger charge is -2.30. The third kappa shape index (κ3) is 5.98. The van der Waals surface area contributed by atoms with E-state index in [4.69, 9.17) is 0 Å². The highest BCUT2D eigenvalue weighted by Gasteiger charge is 2.33. The fraction of sp³-hybridized carbons (Fsp3) is 0.778. The maximum Gasteiger partial charge on any atom is 0.226 e. The topological polar surface area (TPSA) is 50.2 Å². The summed E-state index contributed by atoms with van der Waals surface area (Å²) in [6.07, 6.45) is 8.23. The van der Waals surface area contributed by atoms with Crippen molar-refractivity contribution in [3.05, 3.63) is 18.7 Å². The number of hydrogen-bond acceptors (Lipinski definition) is 3. The van der Waals surface area contributed by atoms with Crippen LogP contribution in [0.4, 0.5) is 0 Å². The van der Waals surface area contributed by atoms with Crippen molar-refractivity contribution in [3.63, 3.8) is 0 Å². The zero-order valence-corrected chi connectivity index (χ0v) is 15.5. The summed E-state index contributed by atoms with van der Waals surface area (Å²) >= 11 is 0. The molecule has 0 fully saturated rings.